The molecule has 0 unspecified atom stereocenters. The van der Waals surface area contributed by atoms with Crippen LogP contribution in [0.25, 0.3) is 0 Å². The van der Waals surface area contributed by atoms with Crippen LogP contribution in [-0.2, 0) is 4.79 Å². The van der Waals surface area contributed by atoms with Gasteiger partial charge in [0.15, 0.2) is 0 Å². The van der Waals surface area contributed by atoms with Gasteiger partial charge in [-0.25, -0.2) is 0 Å². The molecule has 0 bridgehead atoms. The lowest BCUT2D eigenvalue weighted by Crippen LogP contribution is -2.47. The molecule has 1 saturated heterocycles. The highest BCUT2D eigenvalue weighted by atomic mass is 16.2. The molecule has 1 amide bonds. The summed E-state index contributed by atoms with van der Waals surface area (Å²) < 4.78 is 0. The van der Waals surface area contributed by atoms with Crippen molar-refractivity contribution in [3.63, 3.8) is 0 Å². The fraction of sp³-hybridized carbons (Fsp3) is 0.923. The number of amides is 1. The summed E-state index contributed by atoms with van der Waals surface area (Å²) >= 11 is 0. The van der Waals surface area contributed by atoms with Gasteiger partial charge in [0, 0.05) is 5.54 Å². The van der Waals surface area contributed by atoms with Crippen molar-refractivity contribution in [3.8, 4) is 0 Å². The van der Waals surface area contributed by atoms with Crippen molar-refractivity contribution in [1.29, 1.82) is 0 Å². The quantitative estimate of drug-likeness (QED) is 0.797. The van der Waals surface area contributed by atoms with Crippen LogP contribution >= 0.6 is 0 Å². The summed E-state index contributed by atoms with van der Waals surface area (Å²) in [5.41, 5.74) is -0.0665. The minimum absolute atomic E-state index is 0.0665. The molecule has 1 heterocycles. The number of carbonyl (C=O) groups is 1. The van der Waals surface area contributed by atoms with E-state index in [1.807, 2.05) is 0 Å². The lowest BCUT2D eigenvalue weighted by atomic mass is 10.0. The second kappa shape index (κ2) is 6.24. The molecule has 1 fully saturated rings. The molecule has 1 rings (SSSR count). The maximum absolute atomic E-state index is 11.8. The fourth-order valence-corrected chi connectivity index (χ4v) is 2.00. The predicted octanol–water partition coefficient (Wildman–Crippen LogP) is 2.17. The Morgan fingerprint density at radius 3 is 2.25 bits per heavy atom. The minimum atomic E-state index is -0.0665. The molecule has 0 aromatic rings. The summed E-state index contributed by atoms with van der Waals surface area (Å²) in [4.78, 5) is 14.1. The zero-order valence-corrected chi connectivity index (χ0v) is 11.0. The molecular formula is C13H26N2O. The number of nitrogens with zero attached hydrogens (tertiary/aromatic N) is 1. The number of rotatable bonds is 4. The van der Waals surface area contributed by atoms with Gasteiger partial charge in [-0.3, -0.25) is 9.69 Å². The molecule has 94 valence electrons. The van der Waals surface area contributed by atoms with Gasteiger partial charge in [0.25, 0.3) is 0 Å². The topological polar surface area (TPSA) is 32.3 Å². The second-order valence-electron chi connectivity index (χ2n) is 5.48. The number of carbonyl (C=O) groups excluding carboxylic acids is 1. The van der Waals surface area contributed by atoms with Gasteiger partial charge in [0.1, 0.15) is 0 Å². The van der Waals surface area contributed by atoms with Gasteiger partial charge < -0.3 is 5.32 Å². The van der Waals surface area contributed by atoms with E-state index in [1.54, 1.807) is 0 Å². The first-order valence-corrected chi connectivity index (χ1v) is 6.57. The van der Waals surface area contributed by atoms with Gasteiger partial charge in [-0.2, -0.15) is 0 Å². The summed E-state index contributed by atoms with van der Waals surface area (Å²) in [6.45, 7) is 9.00. The largest absolute Gasteiger partial charge is 0.350 e. The van der Waals surface area contributed by atoms with E-state index < -0.39 is 0 Å². The van der Waals surface area contributed by atoms with Crippen LogP contribution in [0.1, 0.15) is 52.9 Å². The van der Waals surface area contributed by atoms with Crippen molar-refractivity contribution in [1.82, 2.24) is 10.2 Å². The van der Waals surface area contributed by atoms with Crippen LogP contribution in [-0.4, -0.2) is 36.0 Å². The SMILES string of the molecule is CCC(C)(C)NC(=O)CN1CCCCCC1. The Labute approximate surface area is 99.6 Å². The van der Waals surface area contributed by atoms with Gasteiger partial charge in [-0.15, -0.1) is 0 Å². The molecule has 1 aliphatic rings. The molecule has 0 saturated carbocycles. The van der Waals surface area contributed by atoms with Crippen LogP contribution in [0.2, 0.25) is 0 Å². The zero-order valence-electron chi connectivity index (χ0n) is 11.0. The Hall–Kier alpha value is -0.570. The van der Waals surface area contributed by atoms with E-state index in [9.17, 15) is 4.79 Å². The molecule has 0 atom stereocenters. The maximum Gasteiger partial charge on any atom is 0.234 e. The molecule has 3 nitrogen and oxygen atoms in total. The van der Waals surface area contributed by atoms with E-state index >= 15 is 0 Å². The number of hydrogen-bond donors (Lipinski definition) is 1. The van der Waals surface area contributed by atoms with Gasteiger partial charge >= 0.3 is 0 Å². The molecule has 3 heteroatoms. The van der Waals surface area contributed by atoms with Crippen LogP contribution in [0.4, 0.5) is 0 Å². The third kappa shape index (κ3) is 4.97. The van der Waals surface area contributed by atoms with Gasteiger partial charge in [-0.05, 0) is 46.2 Å². The van der Waals surface area contributed by atoms with E-state index in [4.69, 9.17) is 0 Å². The lowest BCUT2D eigenvalue weighted by Gasteiger charge is -2.27. The Kier molecular flexibility index (Phi) is 5.26. The van der Waals surface area contributed by atoms with Crippen LogP contribution in [0.3, 0.4) is 0 Å². The Morgan fingerprint density at radius 2 is 1.75 bits per heavy atom. The minimum Gasteiger partial charge on any atom is -0.350 e. The average Bonchev–Trinajstić information content (AvgIpc) is 2.45. The van der Waals surface area contributed by atoms with Crippen molar-refractivity contribution < 1.29 is 4.79 Å². The molecule has 0 aromatic carbocycles. The first-order chi connectivity index (χ1) is 7.53. The van der Waals surface area contributed by atoms with Crippen molar-refractivity contribution in [2.24, 2.45) is 0 Å². The highest BCUT2D eigenvalue weighted by molar-refractivity contribution is 5.78. The first-order valence-electron chi connectivity index (χ1n) is 6.57. The van der Waals surface area contributed by atoms with Crippen LogP contribution < -0.4 is 5.32 Å². The summed E-state index contributed by atoms with van der Waals surface area (Å²) in [5.74, 6) is 0.175. The van der Waals surface area contributed by atoms with Crippen molar-refractivity contribution in [3.05, 3.63) is 0 Å². The van der Waals surface area contributed by atoms with Gasteiger partial charge in [-0.1, -0.05) is 19.8 Å². The van der Waals surface area contributed by atoms with Crippen LogP contribution in [0.5, 0.6) is 0 Å². The third-order valence-corrected chi connectivity index (χ3v) is 3.43. The van der Waals surface area contributed by atoms with Crippen LogP contribution in [0.15, 0.2) is 0 Å². The highest BCUT2D eigenvalue weighted by Gasteiger charge is 2.19. The van der Waals surface area contributed by atoms with Gasteiger partial charge in [0.2, 0.25) is 5.91 Å². The van der Waals surface area contributed by atoms with E-state index in [0.717, 1.165) is 19.5 Å². The average molecular weight is 226 g/mol. The number of hydrogen-bond acceptors (Lipinski definition) is 2. The Balaban J connectivity index is 2.32. The maximum atomic E-state index is 11.8. The van der Waals surface area contributed by atoms with E-state index in [-0.39, 0.29) is 11.4 Å². The molecule has 0 aliphatic carbocycles. The van der Waals surface area contributed by atoms with E-state index in [1.165, 1.54) is 25.7 Å². The normalized spacial score (nSPS) is 19.2. The lowest BCUT2D eigenvalue weighted by molar-refractivity contribution is -0.123. The summed E-state index contributed by atoms with van der Waals surface area (Å²) in [7, 11) is 0. The number of likely N-dealkylation sites (tertiary alicyclic amines) is 1. The standard InChI is InChI=1S/C13H26N2O/c1-4-13(2,3)14-12(16)11-15-9-7-5-6-8-10-15/h4-11H2,1-3H3,(H,14,16). The molecule has 0 spiro atoms. The monoisotopic (exact) mass is 226 g/mol. The predicted molar refractivity (Wildman–Crippen MR) is 67.4 cm³/mol. The molecular weight excluding hydrogens is 200 g/mol. The molecule has 0 radical (unpaired) electrons. The Bertz CT molecular complexity index is 218. The first kappa shape index (κ1) is 13.5. The summed E-state index contributed by atoms with van der Waals surface area (Å²) in [6, 6.07) is 0. The summed E-state index contributed by atoms with van der Waals surface area (Å²) in [6.07, 6.45) is 6.09. The Morgan fingerprint density at radius 1 is 1.19 bits per heavy atom. The third-order valence-electron chi connectivity index (χ3n) is 3.43. The number of nitrogens with one attached hydrogen (secondary N) is 1. The van der Waals surface area contributed by atoms with Gasteiger partial charge in [0.05, 0.1) is 6.54 Å². The smallest absolute Gasteiger partial charge is 0.234 e. The van der Waals surface area contributed by atoms with Crippen molar-refractivity contribution in [2.75, 3.05) is 19.6 Å². The highest BCUT2D eigenvalue weighted by Crippen LogP contribution is 2.10. The van der Waals surface area contributed by atoms with Crippen LogP contribution in [0, 0.1) is 0 Å². The van der Waals surface area contributed by atoms with Crippen molar-refractivity contribution in [2.45, 2.75) is 58.4 Å². The molecule has 1 N–H and O–H groups in total. The molecule has 0 aromatic heterocycles. The van der Waals surface area contributed by atoms with E-state index in [2.05, 4.69) is 31.0 Å². The fourth-order valence-electron chi connectivity index (χ4n) is 2.00. The zero-order chi connectivity index (χ0) is 12.0. The molecule has 1 aliphatic heterocycles. The van der Waals surface area contributed by atoms with Crippen molar-refractivity contribution >= 4 is 5.91 Å². The molecule has 16 heavy (non-hydrogen) atoms. The summed E-state index contributed by atoms with van der Waals surface area (Å²) in [5, 5.41) is 3.09. The second-order valence-corrected chi connectivity index (χ2v) is 5.48. The van der Waals surface area contributed by atoms with E-state index in [0.29, 0.717) is 6.54 Å².